The van der Waals surface area contributed by atoms with E-state index in [1.54, 1.807) is 12.1 Å². The molecule has 1 aliphatic rings. The van der Waals surface area contributed by atoms with Gasteiger partial charge in [-0.15, -0.1) is 5.10 Å². The van der Waals surface area contributed by atoms with Crippen molar-refractivity contribution in [3.63, 3.8) is 0 Å². The maximum atomic E-state index is 13.2. The van der Waals surface area contributed by atoms with Crippen LogP contribution in [-0.4, -0.2) is 21.0 Å². The van der Waals surface area contributed by atoms with Gasteiger partial charge in [-0.05, 0) is 59.8 Å². The standard InChI is InChI=1S/C14H16BrFN4/c15-12-7-9(1-6-13(12)16)14-8-20(19-18-14)11-4-2-10(17)3-5-11/h1,6-8,10-11H,2-5,17H2. The van der Waals surface area contributed by atoms with Gasteiger partial charge in [-0.1, -0.05) is 5.21 Å². The summed E-state index contributed by atoms with van der Waals surface area (Å²) in [6, 6.07) is 5.56. The van der Waals surface area contributed by atoms with Crippen molar-refractivity contribution in [3.05, 3.63) is 34.7 Å². The predicted octanol–water partition coefficient (Wildman–Crippen LogP) is 3.29. The van der Waals surface area contributed by atoms with Crippen molar-refractivity contribution >= 4 is 15.9 Å². The average Bonchev–Trinajstić information content (AvgIpc) is 2.92. The van der Waals surface area contributed by atoms with Gasteiger partial charge in [0.05, 0.1) is 16.7 Å². The molecule has 1 heterocycles. The first-order chi connectivity index (χ1) is 9.63. The van der Waals surface area contributed by atoms with E-state index >= 15 is 0 Å². The van der Waals surface area contributed by atoms with Crippen molar-refractivity contribution < 1.29 is 4.39 Å². The lowest BCUT2D eigenvalue weighted by Gasteiger charge is -2.25. The lowest BCUT2D eigenvalue weighted by atomic mass is 9.92. The van der Waals surface area contributed by atoms with Crippen molar-refractivity contribution in [3.8, 4) is 11.3 Å². The molecule has 1 aromatic carbocycles. The number of rotatable bonds is 2. The number of nitrogens with two attached hydrogens (primary N) is 1. The molecule has 1 fully saturated rings. The number of aromatic nitrogens is 3. The fourth-order valence-corrected chi connectivity index (χ4v) is 2.99. The van der Waals surface area contributed by atoms with E-state index in [9.17, 15) is 4.39 Å². The summed E-state index contributed by atoms with van der Waals surface area (Å²) >= 11 is 3.19. The van der Waals surface area contributed by atoms with Crippen molar-refractivity contribution in [2.75, 3.05) is 0 Å². The molecule has 0 atom stereocenters. The molecular formula is C14H16BrFN4. The molecule has 0 aliphatic heterocycles. The lowest BCUT2D eigenvalue weighted by molar-refractivity contribution is 0.300. The zero-order valence-corrected chi connectivity index (χ0v) is 12.6. The molecule has 1 aliphatic carbocycles. The van der Waals surface area contributed by atoms with Gasteiger partial charge in [0, 0.05) is 11.6 Å². The topological polar surface area (TPSA) is 56.7 Å². The van der Waals surface area contributed by atoms with Crippen LogP contribution in [0.15, 0.2) is 28.9 Å². The highest BCUT2D eigenvalue weighted by Crippen LogP contribution is 2.29. The Morgan fingerprint density at radius 1 is 1.25 bits per heavy atom. The van der Waals surface area contributed by atoms with E-state index in [0.29, 0.717) is 16.6 Å². The van der Waals surface area contributed by atoms with E-state index in [-0.39, 0.29) is 5.82 Å². The van der Waals surface area contributed by atoms with Crippen molar-refractivity contribution in [2.45, 2.75) is 37.8 Å². The van der Waals surface area contributed by atoms with Crippen LogP contribution in [0.3, 0.4) is 0 Å². The zero-order valence-electron chi connectivity index (χ0n) is 11.0. The fraction of sp³-hybridized carbons (Fsp3) is 0.429. The van der Waals surface area contributed by atoms with Crippen LogP contribution in [0.2, 0.25) is 0 Å². The Morgan fingerprint density at radius 3 is 2.70 bits per heavy atom. The van der Waals surface area contributed by atoms with Gasteiger partial charge in [-0.3, -0.25) is 0 Å². The molecule has 2 N–H and O–H groups in total. The van der Waals surface area contributed by atoms with Gasteiger partial charge in [0.15, 0.2) is 0 Å². The largest absolute Gasteiger partial charge is 0.328 e. The number of benzene rings is 1. The molecule has 0 bridgehead atoms. The molecule has 1 saturated carbocycles. The summed E-state index contributed by atoms with van der Waals surface area (Å²) in [4.78, 5) is 0. The number of hydrogen-bond donors (Lipinski definition) is 1. The summed E-state index contributed by atoms with van der Waals surface area (Å²) in [6.45, 7) is 0. The molecule has 0 amide bonds. The first kappa shape index (κ1) is 13.7. The average molecular weight is 339 g/mol. The van der Waals surface area contributed by atoms with E-state index in [4.69, 9.17) is 5.73 Å². The van der Waals surface area contributed by atoms with Crippen molar-refractivity contribution in [2.24, 2.45) is 5.73 Å². The molecular weight excluding hydrogens is 323 g/mol. The number of hydrogen-bond acceptors (Lipinski definition) is 3. The summed E-state index contributed by atoms with van der Waals surface area (Å²) in [6.07, 6.45) is 6.07. The molecule has 2 aromatic rings. The quantitative estimate of drug-likeness (QED) is 0.913. The monoisotopic (exact) mass is 338 g/mol. The summed E-state index contributed by atoms with van der Waals surface area (Å²) in [5.74, 6) is -0.276. The van der Waals surface area contributed by atoms with Crippen LogP contribution in [0.5, 0.6) is 0 Å². The molecule has 1 aromatic heterocycles. The molecule has 0 saturated heterocycles. The van der Waals surface area contributed by atoms with Crippen LogP contribution in [0.1, 0.15) is 31.7 Å². The smallest absolute Gasteiger partial charge is 0.137 e. The predicted molar refractivity (Wildman–Crippen MR) is 78.6 cm³/mol. The maximum absolute atomic E-state index is 13.2. The maximum Gasteiger partial charge on any atom is 0.137 e. The van der Waals surface area contributed by atoms with Gasteiger partial charge in [0.1, 0.15) is 11.5 Å². The van der Waals surface area contributed by atoms with Gasteiger partial charge >= 0.3 is 0 Å². The fourth-order valence-electron chi connectivity index (χ4n) is 2.61. The Labute approximate surface area is 125 Å². The van der Waals surface area contributed by atoms with Crippen LogP contribution in [-0.2, 0) is 0 Å². The summed E-state index contributed by atoms with van der Waals surface area (Å²) in [7, 11) is 0. The molecule has 0 unspecified atom stereocenters. The molecule has 4 nitrogen and oxygen atoms in total. The van der Waals surface area contributed by atoms with Crippen molar-refractivity contribution in [1.29, 1.82) is 0 Å². The molecule has 6 heteroatoms. The summed E-state index contributed by atoms with van der Waals surface area (Å²) < 4.78 is 15.6. The number of halogens is 2. The highest BCUT2D eigenvalue weighted by molar-refractivity contribution is 9.10. The third-order valence-electron chi connectivity index (χ3n) is 3.84. The Hall–Kier alpha value is -1.27. The van der Waals surface area contributed by atoms with Crippen LogP contribution >= 0.6 is 15.9 Å². The third kappa shape index (κ3) is 2.76. The van der Waals surface area contributed by atoms with Gasteiger partial charge in [-0.25, -0.2) is 9.07 Å². The zero-order chi connectivity index (χ0) is 14.1. The van der Waals surface area contributed by atoms with Crippen LogP contribution < -0.4 is 5.73 Å². The van der Waals surface area contributed by atoms with Gasteiger partial charge in [0.2, 0.25) is 0 Å². The molecule has 3 rings (SSSR count). The summed E-state index contributed by atoms with van der Waals surface area (Å²) in [5.41, 5.74) is 7.54. The third-order valence-corrected chi connectivity index (χ3v) is 4.45. The van der Waals surface area contributed by atoms with E-state index in [1.807, 2.05) is 10.9 Å². The van der Waals surface area contributed by atoms with E-state index in [1.165, 1.54) is 6.07 Å². The molecule has 0 radical (unpaired) electrons. The minimum absolute atomic E-state index is 0.276. The second-order valence-electron chi connectivity index (χ2n) is 5.28. The Kier molecular flexibility index (Phi) is 3.85. The first-order valence-electron chi connectivity index (χ1n) is 6.76. The van der Waals surface area contributed by atoms with Crippen LogP contribution in [0, 0.1) is 5.82 Å². The summed E-state index contributed by atoms with van der Waals surface area (Å²) in [5, 5.41) is 8.40. The highest BCUT2D eigenvalue weighted by atomic mass is 79.9. The lowest BCUT2D eigenvalue weighted by Crippen LogP contribution is -2.28. The Bertz CT molecular complexity index is 605. The van der Waals surface area contributed by atoms with Crippen LogP contribution in [0.4, 0.5) is 4.39 Å². The number of nitrogens with zero attached hydrogens (tertiary/aromatic N) is 3. The molecule has 106 valence electrons. The van der Waals surface area contributed by atoms with E-state index < -0.39 is 0 Å². The minimum Gasteiger partial charge on any atom is -0.328 e. The molecule has 0 spiro atoms. The minimum atomic E-state index is -0.276. The SMILES string of the molecule is NC1CCC(n2cc(-c3ccc(F)c(Br)c3)nn2)CC1. The van der Waals surface area contributed by atoms with Gasteiger partial charge in [0.25, 0.3) is 0 Å². The second kappa shape index (κ2) is 5.61. The van der Waals surface area contributed by atoms with Gasteiger partial charge < -0.3 is 5.73 Å². The van der Waals surface area contributed by atoms with Gasteiger partial charge in [-0.2, -0.15) is 0 Å². The van der Waals surface area contributed by atoms with Crippen molar-refractivity contribution in [1.82, 2.24) is 15.0 Å². The molecule has 20 heavy (non-hydrogen) atoms. The first-order valence-corrected chi connectivity index (χ1v) is 7.55. The highest BCUT2D eigenvalue weighted by Gasteiger charge is 2.21. The van der Waals surface area contributed by atoms with Crippen LogP contribution in [0.25, 0.3) is 11.3 Å². The Morgan fingerprint density at radius 2 is 2.00 bits per heavy atom. The normalized spacial score (nSPS) is 22.9. The Balaban J connectivity index is 1.81. The second-order valence-corrected chi connectivity index (χ2v) is 6.14. The van der Waals surface area contributed by atoms with E-state index in [2.05, 4.69) is 26.2 Å². The van der Waals surface area contributed by atoms with E-state index in [0.717, 1.165) is 36.9 Å².